The predicted molar refractivity (Wildman–Crippen MR) is 104 cm³/mol. The number of halogens is 1. The third kappa shape index (κ3) is 5.44. The molecule has 1 atom stereocenters. The van der Waals surface area contributed by atoms with Crippen molar-refractivity contribution in [2.45, 2.75) is 32.4 Å². The standard InChI is InChI=1S/C20H23ClN2O4/c1-13(2-3-14-4-6-16(24)7-5-14)23-20(25)22-12-15-10-17(21)19-18(11-15)26-8-9-27-19/h4-7,10-11,13,24H,2-3,8-9,12H2,1H3,(H2,22,23,25). The number of ether oxygens (including phenoxy) is 2. The minimum Gasteiger partial charge on any atom is -0.508 e. The van der Waals surface area contributed by atoms with Gasteiger partial charge in [-0.25, -0.2) is 4.79 Å². The van der Waals surface area contributed by atoms with Crippen LogP contribution in [0.2, 0.25) is 5.02 Å². The Bertz CT molecular complexity index is 795. The number of phenols is 1. The zero-order chi connectivity index (χ0) is 19.2. The van der Waals surface area contributed by atoms with Gasteiger partial charge in [-0.05, 0) is 55.2 Å². The van der Waals surface area contributed by atoms with Gasteiger partial charge < -0.3 is 25.2 Å². The summed E-state index contributed by atoms with van der Waals surface area (Å²) in [4.78, 5) is 12.1. The van der Waals surface area contributed by atoms with E-state index in [1.54, 1.807) is 18.2 Å². The Morgan fingerprint density at radius 2 is 1.93 bits per heavy atom. The Kier molecular flexibility index (Phi) is 6.29. The largest absolute Gasteiger partial charge is 0.508 e. The highest BCUT2D eigenvalue weighted by Crippen LogP contribution is 2.38. The van der Waals surface area contributed by atoms with Crippen molar-refractivity contribution in [3.8, 4) is 17.2 Å². The summed E-state index contributed by atoms with van der Waals surface area (Å²) in [6.45, 7) is 3.27. The Morgan fingerprint density at radius 1 is 1.19 bits per heavy atom. The van der Waals surface area contributed by atoms with Crippen LogP contribution in [0.3, 0.4) is 0 Å². The second kappa shape index (κ2) is 8.86. The molecule has 0 aromatic heterocycles. The third-order valence-corrected chi connectivity index (χ3v) is 4.57. The second-order valence-electron chi connectivity index (χ2n) is 6.54. The lowest BCUT2D eigenvalue weighted by molar-refractivity contribution is 0.171. The van der Waals surface area contributed by atoms with Crippen LogP contribution in [-0.4, -0.2) is 30.4 Å². The number of carbonyl (C=O) groups is 1. The summed E-state index contributed by atoms with van der Waals surface area (Å²) in [6, 6.07) is 10.5. The van der Waals surface area contributed by atoms with Gasteiger partial charge >= 0.3 is 6.03 Å². The fourth-order valence-electron chi connectivity index (χ4n) is 2.84. The Balaban J connectivity index is 1.45. The van der Waals surface area contributed by atoms with Gasteiger partial charge in [-0.15, -0.1) is 0 Å². The van der Waals surface area contributed by atoms with Crippen LogP contribution in [0.15, 0.2) is 36.4 Å². The van der Waals surface area contributed by atoms with Gasteiger partial charge in [-0.1, -0.05) is 23.7 Å². The van der Waals surface area contributed by atoms with Crippen molar-refractivity contribution >= 4 is 17.6 Å². The van der Waals surface area contributed by atoms with E-state index in [0.717, 1.165) is 24.0 Å². The number of aromatic hydroxyl groups is 1. The van der Waals surface area contributed by atoms with Crippen LogP contribution in [-0.2, 0) is 13.0 Å². The van der Waals surface area contributed by atoms with Crippen molar-refractivity contribution in [3.63, 3.8) is 0 Å². The van der Waals surface area contributed by atoms with Crippen molar-refractivity contribution in [2.75, 3.05) is 13.2 Å². The van der Waals surface area contributed by atoms with E-state index in [-0.39, 0.29) is 17.8 Å². The maximum absolute atomic E-state index is 12.1. The average Bonchev–Trinajstić information content (AvgIpc) is 2.66. The lowest BCUT2D eigenvalue weighted by Crippen LogP contribution is -2.40. The second-order valence-corrected chi connectivity index (χ2v) is 6.94. The SMILES string of the molecule is CC(CCc1ccc(O)cc1)NC(=O)NCc1cc(Cl)c2c(c1)OCCO2. The number of fused-ring (bicyclic) bond motifs is 1. The van der Waals surface area contributed by atoms with Crippen LogP contribution >= 0.6 is 11.6 Å². The molecule has 27 heavy (non-hydrogen) atoms. The number of phenolic OH excluding ortho intramolecular Hbond substituents is 1. The van der Waals surface area contributed by atoms with Crippen LogP contribution in [0.4, 0.5) is 4.79 Å². The molecule has 7 heteroatoms. The van der Waals surface area contributed by atoms with Crippen molar-refractivity contribution in [1.82, 2.24) is 10.6 Å². The van der Waals surface area contributed by atoms with Gasteiger partial charge in [0.2, 0.25) is 0 Å². The lowest BCUT2D eigenvalue weighted by atomic mass is 10.1. The van der Waals surface area contributed by atoms with E-state index in [9.17, 15) is 9.90 Å². The van der Waals surface area contributed by atoms with E-state index in [4.69, 9.17) is 21.1 Å². The molecule has 0 bridgehead atoms. The highest BCUT2D eigenvalue weighted by molar-refractivity contribution is 6.32. The van der Waals surface area contributed by atoms with Gasteiger partial charge in [0.05, 0.1) is 5.02 Å². The molecule has 2 amide bonds. The summed E-state index contributed by atoms with van der Waals surface area (Å²) in [5.74, 6) is 1.41. The fourth-order valence-corrected chi connectivity index (χ4v) is 3.13. The lowest BCUT2D eigenvalue weighted by Gasteiger charge is -2.20. The summed E-state index contributed by atoms with van der Waals surface area (Å²) in [5.41, 5.74) is 1.96. The molecule has 6 nitrogen and oxygen atoms in total. The van der Waals surface area contributed by atoms with Crippen molar-refractivity contribution in [2.24, 2.45) is 0 Å². The maximum atomic E-state index is 12.1. The minimum atomic E-state index is -0.237. The molecule has 0 saturated carbocycles. The number of hydrogen-bond acceptors (Lipinski definition) is 4. The highest BCUT2D eigenvalue weighted by Gasteiger charge is 2.17. The van der Waals surface area contributed by atoms with Crippen LogP contribution in [0.1, 0.15) is 24.5 Å². The number of nitrogens with one attached hydrogen (secondary N) is 2. The number of amides is 2. The van der Waals surface area contributed by atoms with Crippen molar-refractivity contribution < 1.29 is 19.4 Å². The van der Waals surface area contributed by atoms with Crippen LogP contribution in [0.25, 0.3) is 0 Å². The molecule has 2 aromatic rings. The van der Waals surface area contributed by atoms with Gasteiger partial charge in [0.1, 0.15) is 19.0 Å². The van der Waals surface area contributed by atoms with Crippen LogP contribution in [0, 0.1) is 0 Å². The molecule has 1 aliphatic heterocycles. The summed E-state index contributed by atoms with van der Waals surface area (Å²) >= 11 is 6.21. The smallest absolute Gasteiger partial charge is 0.315 e. The van der Waals surface area contributed by atoms with Crippen LogP contribution < -0.4 is 20.1 Å². The van der Waals surface area contributed by atoms with E-state index >= 15 is 0 Å². The maximum Gasteiger partial charge on any atom is 0.315 e. The van der Waals surface area contributed by atoms with Gasteiger partial charge in [0.25, 0.3) is 0 Å². The van der Waals surface area contributed by atoms with Gasteiger partial charge in [-0.2, -0.15) is 0 Å². The Morgan fingerprint density at radius 3 is 2.70 bits per heavy atom. The summed E-state index contributed by atoms with van der Waals surface area (Å²) in [6.07, 6.45) is 1.62. The Hall–Kier alpha value is -2.60. The molecule has 0 saturated heterocycles. The van der Waals surface area contributed by atoms with Gasteiger partial charge in [0.15, 0.2) is 11.5 Å². The van der Waals surface area contributed by atoms with E-state index in [1.807, 2.05) is 25.1 Å². The average molecular weight is 391 g/mol. The number of urea groups is 1. The zero-order valence-corrected chi connectivity index (χ0v) is 15.9. The third-order valence-electron chi connectivity index (χ3n) is 4.29. The van der Waals surface area contributed by atoms with E-state index < -0.39 is 0 Å². The van der Waals surface area contributed by atoms with E-state index in [0.29, 0.717) is 36.3 Å². The van der Waals surface area contributed by atoms with Gasteiger partial charge in [0, 0.05) is 12.6 Å². The minimum absolute atomic E-state index is 0.0163. The predicted octanol–water partition coefficient (Wildman–Crippen LogP) is 3.64. The topological polar surface area (TPSA) is 79.8 Å². The Labute approximate surface area is 163 Å². The number of benzene rings is 2. The van der Waals surface area contributed by atoms with E-state index in [2.05, 4.69) is 10.6 Å². The first-order valence-electron chi connectivity index (χ1n) is 8.91. The summed E-state index contributed by atoms with van der Waals surface area (Å²) in [5, 5.41) is 15.5. The zero-order valence-electron chi connectivity index (χ0n) is 15.1. The molecule has 3 rings (SSSR count). The molecule has 1 heterocycles. The molecule has 0 radical (unpaired) electrons. The van der Waals surface area contributed by atoms with Gasteiger partial charge in [-0.3, -0.25) is 0 Å². The molecular weight excluding hydrogens is 368 g/mol. The first-order valence-corrected chi connectivity index (χ1v) is 9.29. The summed E-state index contributed by atoms with van der Waals surface area (Å²) < 4.78 is 11.0. The molecule has 1 unspecified atom stereocenters. The fraction of sp³-hybridized carbons (Fsp3) is 0.350. The van der Waals surface area contributed by atoms with Crippen LogP contribution in [0.5, 0.6) is 17.2 Å². The molecule has 0 fully saturated rings. The number of hydrogen-bond donors (Lipinski definition) is 3. The summed E-state index contributed by atoms with van der Waals surface area (Å²) in [7, 11) is 0. The number of carbonyl (C=O) groups excluding carboxylic acids is 1. The molecule has 3 N–H and O–H groups in total. The van der Waals surface area contributed by atoms with E-state index in [1.165, 1.54) is 0 Å². The molecular formula is C20H23ClN2O4. The number of rotatable bonds is 6. The first kappa shape index (κ1) is 19.2. The monoisotopic (exact) mass is 390 g/mol. The highest BCUT2D eigenvalue weighted by atomic mass is 35.5. The number of aryl methyl sites for hydroxylation is 1. The molecule has 0 aliphatic carbocycles. The molecule has 2 aromatic carbocycles. The first-order chi connectivity index (χ1) is 13.0. The molecule has 144 valence electrons. The quantitative estimate of drug-likeness (QED) is 0.703. The van der Waals surface area contributed by atoms with Crippen molar-refractivity contribution in [1.29, 1.82) is 0 Å². The molecule has 1 aliphatic rings. The molecule has 0 spiro atoms. The van der Waals surface area contributed by atoms with Crippen molar-refractivity contribution in [3.05, 3.63) is 52.5 Å². The normalized spacial score (nSPS) is 13.7.